The van der Waals surface area contributed by atoms with Crippen LogP contribution in [0.25, 0.3) is 5.57 Å². The zero-order valence-electron chi connectivity index (χ0n) is 11.2. The Balaban J connectivity index is 3.09. The van der Waals surface area contributed by atoms with Crippen LogP contribution >= 0.6 is 0 Å². The lowest BCUT2D eigenvalue weighted by molar-refractivity contribution is -0.135. The van der Waals surface area contributed by atoms with Gasteiger partial charge in [-0.3, -0.25) is 4.79 Å². The molecule has 3 heteroatoms. The molecule has 0 saturated heterocycles. The summed E-state index contributed by atoms with van der Waals surface area (Å²) in [6.45, 7) is 6.55. The van der Waals surface area contributed by atoms with Crippen LogP contribution in [0.15, 0.2) is 24.3 Å². The third-order valence-corrected chi connectivity index (χ3v) is 2.76. The van der Waals surface area contributed by atoms with Crippen molar-refractivity contribution in [1.29, 1.82) is 0 Å². The lowest BCUT2D eigenvalue weighted by Crippen LogP contribution is -1.97. The molecule has 0 fully saturated rings. The lowest BCUT2D eigenvalue weighted by atomic mass is 10.0. The van der Waals surface area contributed by atoms with Crippen molar-refractivity contribution in [2.75, 3.05) is 6.61 Å². The molecule has 1 aromatic rings. The van der Waals surface area contributed by atoms with Gasteiger partial charge in [0.2, 0.25) is 0 Å². The first kappa shape index (κ1) is 14.3. The number of aliphatic carboxylic acids is 1. The van der Waals surface area contributed by atoms with Crippen molar-refractivity contribution < 1.29 is 14.6 Å². The molecule has 0 unspecified atom stereocenters. The van der Waals surface area contributed by atoms with Gasteiger partial charge in [0.15, 0.2) is 0 Å². The Kier molecular flexibility index (Phi) is 5.43. The second-order valence-electron chi connectivity index (χ2n) is 4.10. The Labute approximate surface area is 108 Å². The predicted octanol–water partition coefficient (Wildman–Crippen LogP) is 3.53. The molecular weight excluding hydrogens is 228 g/mol. The summed E-state index contributed by atoms with van der Waals surface area (Å²) in [5, 5.41) is 8.71. The number of aryl methyl sites for hydroxylation is 1. The van der Waals surface area contributed by atoms with Crippen molar-refractivity contribution in [3.05, 3.63) is 35.4 Å². The van der Waals surface area contributed by atoms with Gasteiger partial charge in [0.25, 0.3) is 0 Å². The molecule has 0 aliphatic rings. The standard InChI is InChI=1S/C15H20O3/c1-4-12-7-8-14(18-5-2)13(10-12)11(3)6-9-15(16)17/h6-8,10H,4-5,9H2,1-3H3,(H,16,17)/b11-6+. The molecule has 98 valence electrons. The minimum absolute atomic E-state index is 0.0355. The van der Waals surface area contributed by atoms with Gasteiger partial charge in [-0.1, -0.05) is 19.1 Å². The maximum Gasteiger partial charge on any atom is 0.307 e. The first-order valence-electron chi connectivity index (χ1n) is 6.23. The van der Waals surface area contributed by atoms with E-state index < -0.39 is 5.97 Å². The largest absolute Gasteiger partial charge is 0.493 e. The zero-order chi connectivity index (χ0) is 13.5. The SMILES string of the molecule is CCOc1ccc(CC)cc1/C(C)=C/CC(=O)O. The van der Waals surface area contributed by atoms with E-state index in [9.17, 15) is 4.79 Å². The van der Waals surface area contributed by atoms with E-state index in [0.717, 1.165) is 23.3 Å². The Morgan fingerprint density at radius 2 is 2.11 bits per heavy atom. The molecule has 0 radical (unpaired) electrons. The van der Waals surface area contributed by atoms with Crippen LogP contribution in [0.5, 0.6) is 5.75 Å². The predicted molar refractivity (Wildman–Crippen MR) is 72.9 cm³/mol. The molecule has 0 heterocycles. The summed E-state index contributed by atoms with van der Waals surface area (Å²) in [4.78, 5) is 10.6. The van der Waals surface area contributed by atoms with E-state index in [1.807, 2.05) is 26.0 Å². The Morgan fingerprint density at radius 1 is 1.39 bits per heavy atom. The molecule has 3 nitrogen and oxygen atoms in total. The summed E-state index contributed by atoms with van der Waals surface area (Å²) in [5.41, 5.74) is 3.14. The topological polar surface area (TPSA) is 46.5 Å². The van der Waals surface area contributed by atoms with E-state index in [4.69, 9.17) is 9.84 Å². The summed E-state index contributed by atoms with van der Waals surface area (Å²) in [7, 11) is 0. The van der Waals surface area contributed by atoms with Crippen molar-refractivity contribution >= 4 is 11.5 Å². The highest BCUT2D eigenvalue weighted by Gasteiger charge is 2.07. The van der Waals surface area contributed by atoms with Crippen molar-refractivity contribution in [2.45, 2.75) is 33.6 Å². The first-order chi connectivity index (χ1) is 8.58. The van der Waals surface area contributed by atoms with Crippen LogP contribution < -0.4 is 4.74 Å². The average molecular weight is 248 g/mol. The highest BCUT2D eigenvalue weighted by atomic mass is 16.5. The van der Waals surface area contributed by atoms with Gasteiger partial charge in [-0.05, 0) is 43.5 Å². The quantitative estimate of drug-likeness (QED) is 0.837. The van der Waals surface area contributed by atoms with Gasteiger partial charge in [0.1, 0.15) is 5.75 Å². The third-order valence-electron chi connectivity index (χ3n) is 2.76. The molecule has 1 aromatic carbocycles. The van der Waals surface area contributed by atoms with Crippen LogP contribution in [0.4, 0.5) is 0 Å². The highest BCUT2D eigenvalue weighted by Crippen LogP contribution is 2.27. The fourth-order valence-corrected chi connectivity index (χ4v) is 1.74. The monoisotopic (exact) mass is 248 g/mol. The van der Waals surface area contributed by atoms with Crippen LogP contribution in [0.1, 0.15) is 38.3 Å². The molecule has 0 saturated carbocycles. The number of hydrogen-bond donors (Lipinski definition) is 1. The number of carboxylic acids is 1. The van der Waals surface area contributed by atoms with Crippen LogP contribution in [0, 0.1) is 0 Å². The number of ether oxygens (including phenoxy) is 1. The normalized spacial score (nSPS) is 11.4. The molecule has 0 spiro atoms. The van der Waals surface area contributed by atoms with Gasteiger partial charge in [-0.2, -0.15) is 0 Å². The number of carbonyl (C=O) groups is 1. The number of rotatable bonds is 6. The van der Waals surface area contributed by atoms with Crippen molar-refractivity contribution in [3.8, 4) is 5.75 Å². The van der Waals surface area contributed by atoms with Crippen LogP contribution in [-0.2, 0) is 11.2 Å². The van der Waals surface area contributed by atoms with Gasteiger partial charge < -0.3 is 9.84 Å². The molecule has 1 rings (SSSR count). The second kappa shape index (κ2) is 6.84. The summed E-state index contributed by atoms with van der Waals surface area (Å²) < 4.78 is 5.58. The zero-order valence-corrected chi connectivity index (χ0v) is 11.2. The molecule has 0 atom stereocenters. The van der Waals surface area contributed by atoms with Gasteiger partial charge in [-0.25, -0.2) is 0 Å². The molecule has 0 aliphatic heterocycles. The van der Waals surface area contributed by atoms with E-state index in [2.05, 4.69) is 13.0 Å². The number of benzene rings is 1. The van der Waals surface area contributed by atoms with E-state index in [1.54, 1.807) is 6.08 Å². The van der Waals surface area contributed by atoms with E-state index >= 15 is 0 Å². The first-order valence-corrected chi connectivity index (χ1v) is 6.23. The maximum absolute atomic E-state index is 10.6. The Hall–Kier alpha value is -1.77. The highest BCUT2D eigenvalue weighted by molar-refractivity contribution is 5.75. The molecular formula is C15H20O3. The average Bonchev–Trinajstić information content (AvgIpc) is 2.36. The van der Waals surface area contributed by atoms with Crippen LogP contribution in [0.3, 0.4) is 0 Å². The molecule has 0 aromatic heterocycles. The maximum atomic E-state index is 10.6. The Morgan fingerprint density at radius 3 is 2.67 bits per heavy atom. The smallest absolute Gasteiger partial charge is 0.307 e. The molecule has 0 bridgehead atoms. The number of carboxylic acid groups (broad SMARTS) is 1. The van der Waals surface area contributed by atoms with Crippen LogP contribution in [0.2, 0.25) is 0 Å². The third kappa shape index (κ3) is 3.91. The minimum atomic E-state index is -0.820. The fraction of sp³-hybridized carbons (Fsp3) is 0.400. The lowest BCUT2D eigenvalue weighted by Gasteiger charge is -2.12. The number of hydrogen-bond acceptors (Lipinski definition) is 2. The van der Waals surface area contributed by atoms with Gasteiger partial charge in [0.05, 0.1) is 13.0 Å². The van der Waals surface area contributed by atoms with Crippen molar-refractivity contribution in [3.63, 3.8) is 0 Å². The van der Waals surface area contributed by atoms with E-state index in [1.165, 1.54) is 5.56 Å². The molecule has 0 aliphatic carbocycles. The second-order valence-corrected chi connectivity index (χ2v) is 4.10. The van der Waals surface area contributed by atoms with E-state index in [-0.39, 0.29) is 6.42 Å². The summed E-state index contributed by atoms with van der Waals surface area (Å²) >= 11 is 0. The van der Waals surface area contributed by atoms with Crippen LogP contribution in [-0.4, -0.2) is 17.7 Å². The minimum Gasteiger partial charge on any atom is -0.493 e. The fourth-order valence-electron chi connectivity index (χ4n) is 1.74. The van der Waals surface area contributed by atoms with Gasteiger partial charge >= 0.3 is 5.97 Å². The van der Waals surface area contributed by atoms with E-state index in [0.29, 0.717) is 6.61 Å². The van der Waals surface area contributed by atoms with Crippen molar-refractivity contribution in [1.82, 2.24) is 0 Å². The Bertz CT molecular complexity index is 447. The molecule has 18 heavy (non-hydrogen) atoms. The number of allylic oxidation sites excluding steroid dienone is 1. The molecule has 1 N–H and O–H groups in total. The summed E-state index contributed by atoms with van der Waals surface area (Å²) in [6.07, 6.45) is 2.71. The summed E-state index contributed by atoms with van der Waals surface area (Å²) in [5.74, 6) is -0.00667. The van der Waals surface area contributed by atoms with Gasteiger partial charge in [0, 0.05) is 5.56 Å². The van der Waals surface area contributed by atoms with Crippen molar-refractivity contribution in [2.24, 2.45) is 0 Å². The molecule has 0 amide bonds. The summed E-state index contributed by atoms with van der Waals surface area (Å²) in [6, 6.07) is 6.06. The van der Waals surface area contributed by atoms with Gasteiger partial charge in [-0.15, -0.1) is 0 Å².